The van der Waals surface area contributed by atoms with Gasteiger partial charge in [-0.2, -0.15) is 13.2 Å². The number of nitrogens with one attached hydrogen (secondary N) is 2. The highest BCUT2D eigenvalue weighted by Crippen LogP contribution is 2.34. The highest BCUT2D eigenvalue weighted by atomic mass is 19.4. The molecule has 0 unspecified atom stereocenters. The van der Waals surface area contributed by atoms with Gasteiger partial charge in [0, 0.05) is 18.4 Å². The number of benzene rings is 2. The van der Waals surface area contributed by atoms with Crippen LogP contribution >= 0.6 is 0 Å². The number of aryl methyl sites for hydroxylation is 2. The number of anilines is 1. The van der Waals surface area contributed by atoms with E-state index in [1.54, 1.807) is 6.20 Å². The van der Waals surface area contributed by atoms with Crippen molar-refractivity contribution in [2.45, 2.75) is 25.9 Å². The molecule has 0 saturated carbocycles. The summed E-state index contributed by atoms with van der Waals surface area (Å²) in [7, 11) is 0. The Morgan fingerprint density at radius 3 is 2.54 bits per heavy atom. The fourth-order valence-electron chi connectivity index (χ4n) is 2.54. The van der Waals surface area contributed by atoms with E-state index < -0.39 is 17.6 Å². The molecule has 0 aliphatic heterocycles. The van der Waals surface area contributed by atoms with Crippen LogP contribution in [0.3, 0.4) is 0 Å². The van der Waals surface area contributed by atoms with Gasteiger partial charge in [-0.1, -0.05) is 42.0 Å². The SMILES string of the molecule is Cc1ccc(-c2cnc(CCC(=O)NNc3ccccc3C(F)(F)F)o2)cc1. The summed E-state index contributed by atoms with van der Waals surface area (Å²) in [5.74, 6) is 0.487. The van der Waals surface area contributed by atoms with E-state index in [4.69, 9.17) is 4.42 Å². The summed E-state index contributed by atoms with van der Waals surface area (Å²) in [6.07, 6.45) is -2.70. The maximum absolute atomic E-state index is 12.9. The van der Waals surface area contributed by atoms with E-state index in [0.29, 0.717) is 11.7 Å². The number of carbonyl (C=O) groups excluding carboxylic acids is 1. The molecule has 0 aliphatic carbocycles. The molecule has 146 valence electrons. The average molecular weight is 389 g/mol. The van der Waals surface area contributed by atoms with E-state index in [-0.39, 0.29) is 18.5 Å². The number of alkyl halides is 3. The summed E-state index contributed by atoms with van der Waals surface area (Å²) in [5, 5.41) is 0. The van der Waals surface area contributed by atoms with Crippen LogP contribution in [0.1, 0.15) is 23.4 Å². The number of nitrogens with zero attached hydrogens (tertiary/aromatic N) is 1. The van der Waals surface area contributed by atoms with Gasteiger partial charge in [0.2, 0.25) is 5.91 Å². The highest BCUT2D eigenvalue weighted by Gasteiger charge is 2.33. The molecule has 0 spiro atoms. The molecule has 1 amide bonds. The minimum absolute atomic E-state index is 0.00896. The van der Waals surface area contributed by atoms with Crippen LogP contribution in [0.15, 0.2) is 59.1 Å². The Hall–Kier alpha value is -3.29. The fourth-order valence-corrected chi connectivity index (χ4v) is 2.54. The number of oxazole rings is 1. The smallest absolute Gasteiger partial charge is 0.418 e. The number of hydrazine groups is 1. The molecule has 2 N–H and O–H groups in total. The largest absolute Gasteiger partial charge is 0.441 e. The number of hydrogen-bond donors (Lipinski definition) is 2. The fraction of sp³-hybridized carbons (Fsp3) is 0.200. The Morgan fingerprint density at radius 1 is 1.11 bits per heavy atom. The van der Waals surface area contributed by atoms with E-state index >= 15 is 0 Å². The summed E-state index contributed by atoms with van der Waals surface area (Å²) in [4.78, 5) is 16.1. The second-order valence-electron chi connectivity index (χ2n) is 6.20. The van der Waals surface area contributed by atoms with Gasteiger partial charge in [0.25, 0.3) is 0 Å². The first kappa shape index (κ1) is 19.5. The lowest BCUT2D eigenvalue weighted by Crippen LogP contribution is -2.30. The lowest BCUT2D eigenvalue weighted by molar-refractivity contribution is -0.137. The van der Waals surface area contributed by atoms with Crippen LogP contribution in [-0.2, 0) is 17.4 Å². The van der Waals surface area contributed by atoms with Crippen molar-refractivity contribution in [3.05, 3.63) is 71.7 Å². The van der Waals surface area contributed by atoms with Crippen LogP contribution in [0.25, 0.3) is 11.3 Å². The van der Waals surface area contributed by atoms with Gasteiger partial charge in [0.15, 0.2) is 11.7 Å². The van der Waals surface area contributed by atoms with Crippen molar-refractivity contribution in [1.29, 1.82) is 0 Å². The van der Waals surface area contributed by atoms with E-state index in [2.05, 4.69) is 15.8 Å². The number of rotatable bonds is 6. The van der Waals surface area contributed by atoms with Crippen LogP contribution in [0.2, 0.25) is 0 Å². The predicted octanol–water partition coefficient (Wildman–Crippen LogP) is 4.74. The van der Waals surface area contributed by atoms with Crippen LogP contribution in [-0.4, -0.2) is 10.9 Å². The first-order chi connectivity index (χ1) is 13.3. The van der Waals surface area contributed by atoms with Crippen molar-refractivity contribution < 1.29 is 22.4 Å². The molecule has 2 aromatic carbocycles. The van der Waals surface area contributed by atoms with Crippen molar-refractivity contribution >= 4 is 11.6 Å². The predicted molar refractivity (Wildman–Crippen MR) is 98.2 cm³/mol. The van der Waals surface area contributed by atoms with E-state index in [1.165, 1.54) is 18.2 Å². The molecule has 0 bridgehead atoms. The normalized spacial score (nSPS) is 11.3. The molecule has 8 heteroatoms. The first-order valence-corrected chi connectivity index (χ1v) is 8.56. The van der Waals surface area contributed by atoms with Crippen molar-refractivity contribution in [3.8, 4) is 11.3 Å². The van der Waals surface area contributed by atoms with Crippen molar-refractivity contribution in [2.24, 2.45) is 0 Å². The molecule has 1 heterocycles. The number of carbonyl (C=O) groups is 1. The van der Waals surface area contributed by atoms with Crippen LogP contribution in [0.4, 0.5) is 18.9 Å². The summed E-state index contributed by atoms with van der Waals surface area (Å²) in [6.45, 7) is 1.98. The standard InChI is InChI=1S/C20H18F3N3O2/c1-13-6-8-14(9-7-13)17-12-24-19(28-17)11-10-18(27)26-25-16-5-3-2-4-15(16)20(21,22)23/h2-9,12,25H,10-11H2,1H3,(H,26,27). The second kappa shape index (κ2) is 8.16. The second-order valence-corrected chi connectivity index (χ2v) is 6.20. The van der Waals surface area contributed by atoms with Gasteiger partial charge < -0.3 is 4.42 Å². The lowest BCUT2D eigenvalue weighted by atomic mass is 10.1. The van der Waals surface area contributed by atoms with Gasteiger partial charge in [0.1, 0.15) is 0 Å². The Bertz CT molecular complexity index is 950. The molecular weight excluding hydrogens is 371 g/mol. The van der Waals surface area contributed by atoms with Gasteiger partial charge in [-0.15, -0.1) is 0 Å². The zero-order valence-electron chi connectivity index (χ0n) is 15.0. The summed E-state index contributed by atoms with van der Waals surface area (Å²) < 4.78 is 44.4. The number of halogens is 3. The van der Waals surface area contributed by atoms with Crippen molar-refractivity contribution in [3.63, 3.8) is 0 Å². The van der Waals surface area contributed by atoms with Gasteiger partial charge in [-0.05, 0) is 19.1 Å². The lowest BCUT2D eigenvalue weighted by Gasteiger charge is -2.14. The van der Waals surface area contributed by atoms with E-state index in [0.717, 1.165) is 17.2 Å². The number of amides is 1. The third-order valence-corrected chi connectivity index (χ3v) is 4.02. The molecule has 0 atom stereocenters. The van der Waals surface area contributed by atoms with Gasteiger partial charge in [-0.3, -0.25) is 15.6 Å². The summed E-state index contributed by atoms with van der Waals surface area (Å²) >= 11 is 0. The summed E-state index contributed by atoms with van der Waals surface area (Å²) in [6, 6.07) is 12.6. The van der Waals surface area contributed by atoms with Crippen LogP contribution < -0.4 is 10.9 Å². The first-order valence-electron chi connectivity index (χ1n) is 8.56. The van der Waals surface area contributed by atoms with Crippen molar-refractivity contribution in [1.82, 2.24) is 10.4 Å². The minimum Gasteiger partial charge on any atom is -0.441 e. The molecule has 0 aliphatic rings. The van der Waals surface area contributed by atoms with Gasteiger partial charge >= 0.3 is 6.18 Å². The Balaban J connectivity index is 1.54. The van der Waals surface area contributed by atoms with Crippen LogP contribution in [0.5, 0.6) is 0 Å². The third kappa shape index (κ3) is 4.91. The monoisotopic (exact) mass is 389 g/mol. The molecular formula is C20H18F3N3O2. The Labute approximate surface area is 159 Å². The minimum atomic E-state index is -4.52. The molecule has 0 fully saturated rings. The Kier molecular flexibility index (Phi) is 5.67. The molecule has 5 nitrogen and oxygen atoms in total. The number of hydrogen-bond acceptors (Lipinski definition) is 4. The third-order valence-electron chi connectivity index (χ3n) is 4.02. The van der Waals surface area contributed by atoms with E-state index in [1.807, 2.05) is 31.2 Å². The maximum atomic E-state index is 12.9. The number of aromatic nitrogens is 1. The summed E-state index contributed by atoms with van der Waals surface area (Å²) in [5.41, 5.74) is 5.51. The van der Waals surface area contributed by atoms with Gasteiger partial charge in [0.05, 0.1) is 17.4 Å². The molecule has 28 heavy (non-hydrogen) atoms. The van der Waals surface area contributed by atoms with Gasteiger partial charge in [-0.25, -0.2) is 4.98 Å². The number of para-hydroxylation sites is 1. The zero-order chi connectivity index (χ0) is 20.1. The van der Waals surface area contributed by atoms with Crippen molar-refractivity contribution in [2.75, 3.05) is 5.43 Å². The molecule has 1 aromatic heterocycles. The quantitative estimate of drug-likeness (QED) is 0.598. The molecule has 3 rings (SSSR count). The highest BCUT2D eigenvalue weighted by molar-refractivity contribution is 5.77. The molecule has 0 radical (unpaired) electrons. The van der Waals surface area contributed by atoms with Crippen LogP contribution in [0, 0.1) is 6.92 Å². The zero-order valence-corrected chi connectivity index (χ0v) is 15.0. The Morgan fingerprint density at radius 2 is 1.82 bits per heavy atom. The van der Waals surface area contributed by atoms with E-state index in [9.17, 15) is 18.0 Å². The maximum Gasteiger partial charge on any atom is 0.418 e. The topological polar surface area (TPSA) is 67.2 Å². The molecule has 3 aromatic rings. The average Bonchev–Trinajstić information content (AvgIpc) is 3.14. The molecule has 0 saturated heterocycles.